The predicted octanol–water partition coefficient (Wildman–Crippen LogP) is 2.80. The molecule has 2 aromatic rings. The topological polar surface area (TPSA) is 97.4 Å². The molecule has 0 radical (unpaired) electrons. The van der Waals surface area contributed by atoms with Gasteiger partial charge in [-0.2, -0.15) is 0 Å². The van der Waals surface area contributed by atoms with E-state index in [0.29, 0.717) is 0 Å². The molecule has 0 saturated heterocycles. The Morgan fingerprint density at radius 3 is 2.56 bits per heavy atom. The van der Waals surface area contributed by atoms with Crippen LogP contribution in [0.1, 0.15) is 33.3 Å². The van der Waals surface area contributed by atoms with Crippen LogP contribution in [0, 0.1) is 0 Å². The minimum Gasteiger partial charge on any atom is -0.449 e. The molecule has 0 aliphatic heterocycles. The van der Waals surface area contributed by atoms with Gasteiger partial charge in [-0.3, -0.25) is 15.1 Å². The molecule has 27 heavy (non-hydrogen) atoms. The van der Waals surface area contributed by atoms with Crippen molar-refractivity contribution in [3.63, 3.8) is 0 Å². The zero-order chi connectivity index (χ0) is 20.0. The Bertz CT molecular complexity index is 879. The lowest BCUT2D eigenvalue weighted by atomic mass is 10.1. The Balaban J connectivity index is 1.95. The summed E-state index contributed by atoms with van der Waals surface area (Å²) in [5.41, 5.74) is 1.03. The van der Waals surface area contributed by atoms with Crippen LogP contribution in [0.5, 0.6) is 0 Å². The van der Waals surface area contributed by atoms with Crippen molar-refractivity contribution in [2.75, 3.05) is 0 Å². The van der Waals surface area contributed by atoms with Crippen LogP contribution in [0.2, 0.25) is 0 Å². The van der Waals surface area contributed by atoms with Crippen molar-refractivity contribution in [1.29, 1.82) is 0 Å². The van der Waals surface area contributed by atoms with Gasteiger partial charge in [0.1, 0.15) is 0 Å². The average Bonchev–Trinajstić information content (AvgIpc) is 2.58. The van der Waals surface area contributed by atoms with Crippen molar-refractivity contribution in [2.24, 2.45) is 0 Å². The molecule has 0 spiro atoms. The molecule has 2 N–H and O–H groups in total. The minimum atomic E-state index is -1.11. The standard InChI is InChI=1S/C20H23N3O4/c1-13(18(25)22-19(26)23-20(2,3)4)27-16(24)11-10-15-8-5-7-14-9-6-12-21-17(14)15/h5-13H,1-4H3,(H2,22,23,25,26)/b11-10+. The SMILES string of the molecule is CC(OC(=O)/C=C/c1cccc2cccnc12)C(=O)NC(=O)NC(C)(C)C. The summed E-state index contributed by atoms with van der Waals surface area (Å²) >= 11 is 0. The maximum atomic E-state index is 12.0. The lowest BCUT2D eigenvalue weighted by Gasteiger charge is -2.21. The Morgan fingerprint density at radius 1 is 1.15 bits per heavy atom. The highest BCUT2D eigenvalue weighted by atomic mass is 16.5. The zero-order valence-corrected chi connectivity index (χ0v) is 15.8. The van der Waals surface area contributed by atoms with Gasteiger partial charge in [-0.1, -0.05) is 24.3 Å². The molecule has 1 aromatic carbocycles. The van der Waals surface area contributed by atoms with E-state index in [2.05, 4.69) is 15.6 Å². The molecule has 0 fully saturated rings. The quantitative estimate of drug-likeness (QED) is 0.638. The number of carbonyl (C=O) groups is 3. The highest BCUT2D eigenvalue weighted by Gasteiger charge is 2.21. The molecule has 7 nitrogen and oxygen atoms in total. The number of ether oxygens (including phenoxy) is 1. The van der Waals surface area contributed by atoms with E-state index in [9.17, 15) is 14.4 Å². The van der Waals surface area contributed by atoms with Crippen molar-refractivity contribution in [1.82, 2.24) is 15.6 Å². The van der Waals surface area contributed by atoms with Crippen LogP contribution in [-0.2, 0) is 14.3 Å². The Morgan fingerprint density at radius 2 is 1.85 bits per heavy atom. The maximum Gasteiger partial charge on any atom is 0.331 e. The van der Waals surface area contributed by atoms with E-state index < -0.39 is 29.6 Å². The third-order valence-corrected chi connectivity index (χ3v) is 3.45. The number of fused-ring (bicyclic) bond motifs is 1. The molecule has 142 valence electrons. The number of aromatic nitrogens is 1. The molecular formula is C20H23N3O4. The van der Waals surface area contributed by atoms with Gasteiger partial charge in [0.15, 0.2) is 6.10 Å². The van der Waals surface area contributed by atoms with E-state index in [4.69, 9.17) is 4.74 Å². The zero-order valence-electron chi connectivity index (χ0n) is 15.8. The predicted molar refractivity (Wildman–Crippen MR) is 103 cm³/mol. The highest BCUT2D eigenvalue weighted by Crippen LogP contribution is 2.17. The van der Waals surface area contributed by atoms with Gasteiger partial charge >= 0.3 is 12.0 Å². The van der Waals surface area contributed by atoms with Crippen LogP contribution in [0.25, 0.3) is 17.0 Å². The summed E-state index contributed by atoms with van der Waals surface area (Å²) in [6.45, 7) is 6.75. The number of esters is 1. The second-order valence-electron chi connectivity index (χ2n) is 7.03. The number of urea groups is 1. The van der Waals surface area contributed by atoms with E-state index in [1.165, 1.54) is 13.0 Å². The van der Waals surface area contributed by atoms with Crippen LogP contribution in [0.15, 0.2) is 42.6 Å². The molecule has 7 heteroatoms. The number of hydrogen-bond donors (Lipinski definition) is 2. The number of hydrogen-bond acceptors (Lipinski definition) is 5. The third-order valence-electron chi connectivity index (χ3n) is 3.45. The van der Waals surface area contributed by atoms with Crippen molar-refractivity contribution < 1.29 is 19.1 Å². The van der Waals surface area contributed by atoms with Gasteiger partial charge in [0.2, 0.25) is 0 Å². The number of carbonyl (C=O) groups excluding carboxylic acids is 3. The summed E-state index contributed by atoms with van der Waals surface area (Å²) in [4.78, 5) is 39.9. The first kappa shape index (κ1) is 20.1. The molecule has 1 aromatic heterocycles. The molecule has 2 rings (SSSR count). The summed E-state index contributed by atoms with van der Waals surface area (Å²) in [5, 5.41) is 5.68. The van der Waals surface area contributed by atoms with Gasteiger partial charge in [-0.15, -0.1) is 0 Å². The van der Waals surface area contributed by atoms with Crippen LogP contribution in [0.3, 0.4) is 0 Å². The molecular weight excluding hydrogens is 346 g/mol. The maximum absolute atomic E-state index is 12.0. The van der Waals surface area contributed by atoms with Gasteiger partial charge in [0.05, 0.1) is 5.52 Å². The van der Waals surface area contributed by atoms with Gasteiger partial charge in [-0.05, 0) is 39.8 Å². The molecule has 1 heterocycles. The largest absolute Gasteiger partial charge is 0.449 e. The number of pyridine rings is 1. The van der Waals surface area contributed by atoms with Crippen molar-refractivity contribution in [2.45, 2.75) is 39.3 Å². The average molecular weight is 369 g/mol. The first-order valence-electron chi connectivity index (χ1n) is 8.51. The Hall–Kier alpha value is -3.22. The number of imide groups is 1. The summed E-state index contributed by atoms with van der Waals surface area (Å²) in [6.07, 6.45) is 3.36. The summed E-state index contributed by atoms with van der Waals surface area (Å²) in [6, 6.07) is 8.72. The highest BCUT2D eigenvalue weighted by molar-refractivity contribution is 5.98. The molecule has 1 atom stereocenters. The fourth-order valence-electron chi connectivity index (χ4n) is 2.27. The molecule has 3 amide bonds. The second kappa shape index (κ2) is 8.44. The van der Waals surface area contributed by atoms with Gasteiger partial charge in [0, 0.05) is 28.8 Å². The Labute approximate surface area is 157 Å². The van der Waals surface area contributed by atoms with E-state index in [1.54, 1.807) is 33.0 Å². The number of rotatable bonds is 4. The summed E-state index contributed by atoms with van der Waals surface area (Å²) < 4.78 is 5.04. The second-order valence-corrected chi connectivity index (χ2v) is 7.03. The number of nitrogens with one attached hydrogen (secondary N) is 2. The van der Waals surface area contributed by atoms with Gasteiger partial charge in [-0.25, -0.2) is 9.59 Å². The lowest BCUT2D eigenvalue weighted by molar-refractivity contribution is -0.149. The van der Waals surface area contributed by atoms with Gasteiger partial charge < -0.3 is 10.1 Å². The number of nitrogens with zero attached hydrogens (tertiary/aromatic N) is 1. The molecule has 0 saturated carbocycles. The number of amides is 3. The van der Waals surface area contributed by atoms with Crippen LogP contribution in [-0.4, -0.2) is 34.5 Å². The monoisotopic (exact) mass is 369 g/mol. The van der Waals surface area contributed by atoms with Crippen molar-refractivity contribution in [3.8, 4) is 0 Å². The normalized spacial score (nSPS) is 12.6. The fourth-order valence-corrected chi connectivity index (χ4v) is 2.27. The third kappa shape index (κ3) is 6.22. The summed E-state index contributed by atoms with van der Waals surface area (Å²) in [7, 11) is 0. The Kier molecular flexibility index (Phi) is 6.28. The minimum absolute atomic E-state index is 0.487. The molecule has 0 bridgehead atoms. The molecule has 1 unspecified atom stereocenters. The van der Waals surface area contributed by atoms with Crippen LogP contribution in [0.4, 0.5) is 4.79 Å². The number of para-hydroxylation sites is 1. The fraction of sp³-hybridized carbons (Fsp3) is 0.300. The molecule has 0 aliphatic carbocycles. The summed E-state index contributed by atoms with van der Waals surface area (Å²) in [5.74, 6) is -1.40. The van der Waals surface area contributed by atoms with Gasteiger partial charge in [0.25, 0.3) is 5.91 Å². The van der Waals surface area contributed by atoms with E-state index in [0.717, 1.165) is 16.5 Å². The lowest BCUT2D eigenvalue weighted by Crippen LogP contribution is -2.50. The first-order valence-corrected chi connectivity index (χ1v) is 8.51. The smallest absolute Gasteiger partial charge is 0.331 e. The van der Waals surface area contributed by atoms with Crippen LogP contribution < -0.4 is 10.6 Å². The van der Waals surface area contributed by atoms with E-state index in [1.807, 2.05) is 30.3 Å². The number of benzene rings is 1. The first-order chi connectivity index (χ1) is 12.7. The van der Waals surface area contributed by atoms with Crippen molar-refractivity contribution >= 4 is 34.9 Å². The van der Waals surface area contributed by atoms with E-state index in [-0.39, 0.29) is 0 Å². The van der Waals surface area contributed by atoms with Crippen molar-refractivity contribution in [3.05, 3.63) is 48.2 Å². The molecule has 0 aliphatic rings. The van der Waals surface area contributed by atoms with Crippen LogP contribution >= 0.6 is 0 Å². The van der Waals surface area contributed by atoms with E-state index >= 15 is 0 Å².